The SMILES string of the molecule is Oc1ccccc1-c1cc2c(nn1)NC[C@H]1CN([C@H]3CC[C@@H](N4CCC(CN5CCCCC5)CC4)CC3)CCN21. The van der Waals surface area contributed by atoms with Gasteiger partial charge in [-0.1, -0.05) is 18.6 Å². The molecule has 7 rings (SSSR count). The highest BCUT2D eigenvalue weighted by molar-refractivity contribution is 5.76. The summed E-state index contributed by atoms with van der Waals surface area (Å²) in [7, 11) is 0. The molecule has 2 N–H and O–H groups in total. The van der Waals surface area contributed by atoms with Crippen LogP contribution in [0.1, 0.15) is 57.8 Å². The highest BCUT2D eigenvalue weighted by Crippen LogP contribution is 2.37. The lowest BCUT2D eigenvalue weighted by atomic mass is 9.86. The third-order valence-electron chi connectivity index (χ3n) is 10.6. The molecule has 8 heteroatoms. The molecule has 0 unspecified atom stereocenters. The zero-order valence-electron chi connectivity index (χ0n) is 24.1. The Balaban J connectivity index is 0.908. The average molecular weight is 546 g/mol. The van der Waals surface area contributed by atoms with E-state index in [1.807, 2.05) is 18.2 Å². The molecule has 3 saturated heterocycles. The van der Waals surface area contributed by atoms with Crippen molar-refractivity contribution in [3.05, 3.63) is 30.3 Å². The van der Waals surface area contributed by atoms with Gasteiger partial charge < -0.3 is 25.1 Å². The van der Waals surface area contributed by atoms with E-state index < -0.39 is 0 Å². The summed E-state index contributed by atoms with van der Waals surface area (Å²) in [6.07, 6.45) is 12.5. The van der Waals surface area contributed by atoms with Crippen molar-refractivity contribution in [3.8, 4) is 17.0 Å². The third kappa shape index (κ3) is 5.55. The molecule has 0 radical (unpaired) electrons. The van der Waals surface area contributed by atoms with E-state index in [4.69, 9.17) is 0 Å². The van der Waals surface area contributed by atoms with Crippen LogP contribution in [0.5, 0.6) is 5.75 Å². The summed E-state index contributed by atoms with van der Waals surface area (Å²) in [5.74, 6) is 2.04. The summed E-state index contributed by atoms with van der Waals surface area (Å²) in [5.41, 5.74) is 2.59. The van der Waals surface area contributed by atoms with E-state index in [1.54, 1.807) is 6.07 Å². The van der Waals surface area contributed by atoms with E-state index >= 15 is 0 Å². The number of phenolic OH excluding ortho intramolecular Hbond substituents is 1. The van der Waals surface area contributed by atoms with Crippen LogP contribution in [0.4, 0.5) is 11.5 Å². The lowest BCUT2D eigenvalue weighted by Crippen LogP contribution is -2.60. The molecule has 0 spiro atoms. The number of likely N-dealkylation sites (tertiary alicyclic amines) is 2. The average Bonchev–Trinajstić information content (AvgIpc) is 3.02. The number of anilines is 2. The number of nitrogens with one attached hydrogen (secondary N) is 1. The van der Waals surface area contributed by atoms with Gasteiger partial charge in [0.15, 0.2) is 5.82 Å². The summed E-state index contributed by atoms with van der Waals surface area (Å²) in [4.78, 5) is 10.9. The number of aromatic hydroxyl groups is 1. The first-order valence-electron chi connectivity index (χ1n) is 16.1. The third-order valence-corrected chi connectivity index (χ3v) is 10.6. The molecule has 1 aromatic heterocycles. The van der Waals surface area contributed by atoms with Crippen molar-refractivity contribution in [1.29, 1.82) is 0 Å². The van der Waals surface area contributed by atoms with Crippen LogP contribution in [0.25, 0.3) is 11.3 Å². The molecule has 4 aliphatic heterocycles. The van der Waals surface area contributed by atoms with Crippen molar-refractivity contribution in [2.45, 2.75) is 75.9 Å². The quantitative estimate of drug-likeness (QED) is 0.577. The van der Waals surface area contributed by atoms with Gasteiger partial charge in [-0.05, 0) is 102 Å². The minimum atomic E-state index is 0.249. The Morgan fingerprint density at radius 1 is 0.775 bits per heavy atom. The molecule has 0 amide bonds. The molecule has 5 heterocycles. The number of nitrogens with zero attached hydrogens (tertiary/aromatic N) is 6. The maximum Gasteiger partial charge on any atom is 0.172 e. The molecule has 1 aromatic carbocycles. The smallest absolute Gasteiger partial charge is 0.172 e. The molecule has 4 fully saturated rings. The maximum atomic E-state index is 10.3. The Labute approximate surface area is 239 Å². The first-order valence-corrected chi connectivity index (χ1v) is 16.1. The van der Waals surface area contributed by atoms with Crippen LogP contribution in [0, 0.1) is 5.92 Å². The maximum absolute atomic E-state index is 10.3. The molecule has 8 nitrogen and oxygen atoms in total. The molecule has 5 aliphatic rings. The van der Waals surface area contributed by atoms with Crippen molar-refractivity contribution in [2.24, 2.45) is 5.92 Å². The first kappa shape index (κ1) is 26.5. The number of rotatable bonds is 5. The van der Waals surface area contributed by atoms with E-state index in [-0.39, 0.29) is 5.75 Å². The first-order chi connectivity index (χ1) is 19.7. The Morgan fingerprint density at radius 2 is 1.52 bits per heavy atom. The number of para-hydroxylation sites is 1. The molecule has 1 atom stereocenters. The molecule has 2 aromatic rings. The predicted octanol–water partition coefficient (Wildman–Crippen LogP) is 4.27. The van der Waals surface area contributed by atoms with E-state index in [1.165, 1.54) is 90.5 Å². The Morgan fingerprint density at radius 3 is 2.30 bits per heavy atom. The standard InChI is InChI=1S/C32H47N7O/c40-31-7-3-2-6-28(31)29-20-30-32(35-34-29)33-21-27-23-38(18-19-39(27)30)26-10-8-25(9-11-26)37-16-12-24(13-17-37)22-36-14-4-1-5-15-36/h2-3,6-7,20,24-27,40H,1,4-5,8-19,21-23H2,(H,33,35)/t25-,26+,27-/m0/s1. The number of hydrogen-bond donors (Lipinski definition) is 2. The summed E-state index contributed by atoms with van der Waals surface area (Å²) >= 11 is 0. The van der Waals surface area contributed by atoms with Gasteiger partial charge in [-0.25, -0.2) is 0 Å². The molecular weight excluding hydrogens is 498 g/mol. The van der Waals surface area contributed by atoms with Gasteiger partial charge in [-0.3, -0.25) is 4.90 Å². The minimum absolute atomic E-state index is 0.249. The van der Waals surface area contributed by atoms with Gasteiger partial charge in [0.05, 0.1) is 17.4 Å². The van der Waals surface area contributed by atoms with Crippen LogP contribution in [0.3, 0.4) is 0 Å². The number of hydrogen-bond acceptors (Lipinski definition) is 8. The number of phenols is 1. The normalized spacial score (nSPS) is 29.0. The van der Waals surface area contributed by atoms with E-state index in [0.29, 0.717) is 6.04 Å². The van der Waals surface area contributed by atoms with Crippen molar-refractivity contribution in [3.63, 3.8) is 0 Å². The van der Waals surface area contributed by atoms with Crippen LogP contribution in [0.2, 0.25) is 0 Å². The number of aromatic nitrogens is 2. The fraction of sp³-hybridized carbons (Fsp3) is 0.688. The van der Waals surface area contributed by atoms with Crippen molar-refractivity contribution in [2.75, 3.05) is 69.1 Å². The van der Waals surface area contributed by atoms with Gasteiger partial charge in [-0.2, -0.15) is 0 Å². The van der Waals surface area contributed by atoms with Crippen molar-refractivity contribution < 1.29 is 5.11 Å². The van der Waals surface area contributed by atoms with E-state index in [9.17, 15) is 5.11 Å². The second-order valence-corrected chi connectivity index (χ2v) is 13.0. The summed E-state index contributed by atoms with van der Waals surface area (Å²) in [5, 5.41) is 22.8. The Bertz CT molecular complexity index is 1140. The lowest BCUT2D eigenvalue weighted by Gasteiger charge is -2.49. The lowest BCUT2D eigenvalue weighted by molar-refractivity contribution is 0.0574. The number of piperazine rings is 1. The minimum Gasteiger partial charge on any atom is -0.507 e. The summed E-state index contributed by atoms with van der Waals surface area (Å²) < 4.78 is 0. The highest BCUT2D eigenvalue weighted by Gasteiger charge is 2.37. The van der Waals surface area contributed by atoms with Gasteiger partial charge in [-0.15, -0.1) is 10.2 Å². The molecule has 1 aliphatic carbocycles. The molecule has 1 saturated carbocycles. The van der Waals surface area contributed by atoms with Gasteiger partial charge >= 0.3 is 0 Å². The van der Waals surface area contributed by atoms with Crippen molar-refractivity contribution in [1.82, 2.24) is 24.9 Å². The van der Waals surface area contributed by atoms with Crippen LogP contribution in [0.15, 0.2) is 30.3 Å². The fourth-order valence-electron chi connectivity index (χ4n) is 8.26. The summed E-state index contributed by atoms with van der Waals surface area (Å²) in [6.45, 7) is 10.8. The molecule has 40 heavy (non-hydrogen) atoms. The second kappa shape index (κ2) is 11.8. The van der Waals surface area contributed by atoms with Crippen LogP contribution in [-0.4, -0.2) is 107 Å². The number of fused-ring (bicyclic) bond motifs is 3. The topological polar surface area (TPSA) is 71.0 Å². The number of piperidine rings is 2. The van der Waals surface area contributed by atoms with Gasteiger partial charge in [0.1, 0.15) is 5.75 Å². The van der Waals surface area contributed by atoms with Crippen LogP contribution < -0.4 is 10.2 Å². The van der Waals surface area contributed by atoms with Crippen LogP contribution in [-0.2, 0) is 0 Å². The largest absolute Gasteiger partial charge is 0.507 e. The van der Waals surface area contributed by atoms with Crippen LogP contribution >= 0.6 is 0 Å². The monoisotopic (exact) mass is 545 g/mol. The van der Waals surface area contributed by atoms with E-state index in [0.717, 1.165) is 66.9 Å². The molecule has 216 valence electrons. The van der Waals surface area contributed by atoms with Crippen molar-refractivity contribution >= 4 is 11.5 Å². The van der Waals surface area contributed by atoms with Gasteiger partial charge in [0.2, 0.25) is 0 Å². The fourth-order valence-corrected chi connectivity index (χ4v) is 8.26. The Kier molecular flexibility index (Phi) is 7.83. The predicted molar refractivity (Wildman–Crippen MR) is 161 cm³/mol. The zero-order chi connectivity index (χ0) is 26.9. The molecular formula is C32H47N7O. The highest BCUT2D eigenvalue weighted by atomic mass is 16.3. The summed E-state index contributed by atoms with van der Waals surface area (Å²) in [6, 6.07) is 11.5. The second-order valence-electron chi connectivity index (χ2n) is 13.0. The zero-order valence-corrected chi connectivity index (χ0v) is 24.1. The Hall–Kier alpha value is -2.42. The van der Waals surface area contributed by atoms with E-state index in [2.05, 4.69) is 41.2 Å². The van der Waals surface area contributed by atoms with Gasteiger partial charge in [0.25, 0.3) is 0 Å². The number of benzene rings is 1. The van der Waals surface area contributed by atoms with Gasteiger partial charge in [0, 0.05) is 50.4 Å². The molecule has 0 bridgehead atoms.